The summed E-state index contributed by atoms with van der Waals surface area (Å²) in [7, 11) is 1.52. The number of aromatic hydroxyl groups is 1. The van der Waals surface area contributed by atoms with E-state index in [9.17, 15) is 5.11 Å². The van der Waals surface area contributed by atoms with E-state index in [0.29, 0.717) is 23.8 Å². The molecule has 3 N–H and O–H groups in total. The Hall–Kier alpha value is -2.83. The molecule has 0 fully saturated rings. The zero-order valence-corrected chi connectivity index (χ0v) is 10.8. The first-order valence-electron chi connectivity index (χ1n) is 6.02. The van der Waals surface area contributed by atoms with Crippen LogP contribution in [0.2, 0.25) is 0 Å². The molecule has 0 radical (unpaired) electrons. The number of hydrogen-bond acceptors (Lipinski definition) is 6. The summed E-state index contributed by atoms with van der Waals surface area (Å²) >= 11 is 0. The van der Waals surface area contributed by atoms with Gasteiger partial charge in [0.25, 0.3) is 0 Å². The lowest BCUT2D eigenvalue weighted by Gasteiger charge is -2.08. The third kappa shape index (κ3) is 2.20. The maximum atomic E-state index is 9.73. The van der Waals surface area contributed by atoms with E-state index in [-0.39, 0.29) is 5.75 Å². The Morgan fingerprint density at radius 3 is 3.00 bits per heavy atom. The number of imidazole rings is 1. The van der Waals surface area contributed by atoms with Gasteiger partial charge in [-0.3, -0.25) is 0 Å². The summed E-state index contributed by atoms with van der Waals surface area (Å²) in [5.41, 5.74) is 2.28. The van der Waals surface area contributed by atoms with Gasteiger partial charge in [0.1, 0.15) is 11.8 Å². The highest BCUT2D eigenvalue weighted by atomic mass is 16.5. The molecule has 0 spiro atoms. The summed E-state index contributed by atoms with van der Waals surface area (Å²) in [6, 6.07) is 5.24. The standard InChI is InChI=1S/C13H13N5O2/c1-20-10-3-2-8(4-9(10)19)5-14-12-11-13(16-6-15-11)18-7-17-12/h2-4,6-7,19H,5H2,1H3,(H2,14,15,16,17,18). The number of nitrogens with one attached hydrogen (secondary N) is 2. The van der Waals surface area contributed by atoms with Gasteiger partial charge in [-0.05, 0) is 17.7 Å². The van der Waals surface area contributed by atoms with Gasteiger partial charge >= 0.3 is 0 Å². The Morgan fingerprint density at radius 1 is 1.30 bits per heavy atom. The van der Waals surface area contributed by atoms with Crippen molar-refractivity contribution < 1.29 is 9.84 Å². The molecule has 0 saturated heterocycles. The van der Waals surface area contributed by atoms with Crippen LogP contribution < -0.4 is 10.1 Å². The van der Waals surface area contributed by atoms with Crippen LogP contribution in [0.3, 0.4) is 0 Å². The van der Waals surface area contributed by atoms with Crippen molar-refractivity contribution in [2.75, 3.05) is 12.4 Å². The molecular formula is C13H13N5O2. The monoisotopic (exact) mass is 271 g/mol. The summed E-state index contributed by atoms with van der Waals surface area (Å²) in [5, 5.41) is 12.9. The van der Waals surface area contributed by atoms with Gasteiger partial charge < -0.3 is 20.1 Å². The van der Waals surface area contributed by atoms with Crippen molar-refractivity contribution >= 4 is 17.0 Å². The molecule has 0 unspecified atom stereocenters. The minimum atomic E-state index is 0.112. The van der Waals surface area contributed by atoms with Crippen molar-refractivity contribution in [3.8, 4) is 11.5 Å². The SMILES string of the molecule is COc1ccc(CNc2ncnc3nc[nH]c23)cc1O. The van der Waals surface area contributed by atoms with Crippen LogP contribution in [0.1, 0.15) is 5.56 Å². The van der Waals surface area contributed by atoms with Crippen LogP contribution >= 0.6 is 0 Å². The predicted octanol–water partition coefficient (Wildman–Crippen LogP) is 1.68. The molecule has 0 atom stereocenters. The predicted molar refractivity (Wildman–Crippen MR) is 73.7 cm³/mol. The van der Waals surface area contributed by atoms with Crippen LogP contribution in [0, 0.1) is 0 Å². The molecule has 0 bridgehead atoms. The second kappa shape index (κ2) is 5.04. The molecule has 7 heteroatoms. The molecule has 2 aromatic heterocycles. The molecule has 2 heterocycles. The second-order valence-electron chi connectivity index (χ2n) is 4.18. The molecule has 3 aromatic rings. The minimum Gasteiger partial charge on any atom is -0.504 e. The number of benzene rings is 1. The maximum Gasteiger partial charge on any atom is 0.182 e. The van der Waals surface area contributed by atoms with Crippen LogP contribution in [0.4, 0.5) is 5.82 Å². The average molecular weight is 271 g/mol. The summed E-state index contributed by atoms with van der Waals surface area (Å²) in [5.74, 6) is 1.23. The molecule has 20 heavy (non-hydrogen) atoms. The molecule has 3 rings (SSSR count). The summed E-state index contributed by atoms with van der Waals surface area (Å²) in [4.78, 5) is 15.3. The van der Waals surface area contributed by atoms with E-state index in [1.807, 2.05) is 6.07 Å². The fraction of sp³-hybridized carbons (Fsp3) is 0.154. The molecule has 0 saturated carbocycles. The zero-order valence-electron chi connectivity index (χ0n) is 10.8. The van der Waals surface area contributed by atoms with E-state index >= 15 is 0 Å². The maximum absolute atomic E-state index is 9.73. The molecule has 7 nitrogen and oxygen atoms in total. The van der Waals surface area contributed by atoms with Crippen molar-refractivity contribution in [3.63, 3.8) is 0 Å². The van der Waals surface area contributed by atoms with E-state index in [0.717, 1.165) is 11.1 Å². The van der Waals surface area contributed by atoms with E-state index in [2.05, 4.69) is 25.3 Å². The second-order valence-corrected chi connectivity index (χ2v) is 4.18. The Kier molecular flexibility index (Phi) is 3.08. The summed E-state index contributed by atoms with van der Waals surface area (Å²) < 4.78 is 5.01. The van der Waals surface area contributed by atoms with E-state index in [1.54, 1.807) is 18.5 Å². The summed E-state index contributed by atoms with van der Waals surface area (Å²) in [6.45, 7) is 0.517. The first kappa shape index (κ1) is 12.2. The van der Waals surface area contributed by atoms with Gasteiger partial charge in [-0.15, -0.1) is 0 Å². The normalized spacial score (nSPS) is 10.7. The highest BCUT2D eigenvalue weighted by Crippen LogP contribution is 2.26. The van der Waals surface area contributed by atoms with Crippen molar-refractivity contribution in [1.29, 1.82) is 0 Å². The van der Waals surface area contributed by atoms with Crippen LogP contribution in [0.15, 0.2) is 30.9 Å². The molecule has 0 amide bonds. The molecular weight excluding hydrogens is 258 g/mol. The van der Waals surface area contributed by atoms with Gasteiger partial charge in [0.05, 0.1) is 13.4 Å². The Morgan fingerprint density at radius 2 is 2.20 bits per heavy atom. The summed E-state index contributed by atoms with van der Waals surface area (Å²) in [6.07, 6.45) is 3.03. The largest absolute Gasteiger partial charge is 0.504 e. The lowest BCUT2D eigenvalue weighted by molar-refractivity contribution is 0.373. The van der Waals surface area contributed by atoms with Crippen molar-refractivity contribution in [3.05, 3.63) is 36.4 Å². The van der Waals surface area contributed by atoms with Crippen LogP contribution in [0.25, 0.3) is 11.2 Å². The molecule has 102 valence electrons. The number of phenols is 1. The number of methoxy groups -OCH3 is 1. The number of aromatic nitrogens is 4. The number of H-pyrrole nitrogens is 1. The third-order valence-corrected chi connectivity index (χ3v) is 2.93. The lowest BCUT2D eigenvalue weighted by atomic mass is 10.2. The Labute approximate surface area is 114 Å². The molecule has 1 aromatic carbocycles. The number of phenolic OH excluding ortho intramolecular Hbond substituents is 1. The molecule has 0 aliphatic heterocycles. The first-order chi connectivity index (χ1) is 9.78. The van der Waals surface area contributed by atoms with Gasteiger partial charge in [0, 0.05) is 6.54 Å². The smallest absolute Gasteiger partial charge is 0.182 e. The van der Waals surface area contributed by atoms with Crippen LogP contribution in [-0.2, 0) is 6.54 Å². The molecule has 0 aliphatic rings. The van der Waals surface area contributed by atoms with E-state index in [4.69, 9.17) is 4.74 Å². The van der Waals surface area contributed by atoms with Crippen molar-refractivity contribution in [2.24, 2.45) is 0 Å². The first-order valence-corrected chi connectivity index (χ1v) is 6.02. The number of fused-ring (bicyclic) bond motifs is 1. The molecule has 0 aliphatic carbocycles. The van der Waals surface area contributed by atoms with Gasteiger partial charge in [-0.1, -0.05) is 6.07 Å². The number of aromatic amines is 1. The number of hydrogen-bond donors (Lipinski definition) is 3. The van der Waals surface area contributed by atoms with Gasteiger partial charge in [-0.25, -0.2) is 15.0 Å². The zero-order chi connectivity index (χ0) is 13.9. The van der Waals surface area contributed by atoms with Crippen LogP contribution in [-0.4, -0.2) is 32.2 Å². The van der Waals surface area contributed by atoms with Gasteiger partial charge in [-0.2, -0.15) is 0 Å². The quantitative estimate of drug-likeness (QED) is 0.668. The number of ether oxygens (including phenoxy) is 1. The van der Waals surface area contributed by atoms with E-state index in [1.165, 1.54) is 13.4 Å². The average Bonchev–Trinajstić information content (AvgIpc) is 2.94. The van der Waals surface area contributed by atoms with Gasteiger partial charge in [0.2, 0.25) is 0 Å². The Balaban J connectivity index is 1.79. The van der Waals surface area contributed by atoms with Crippen molar-refractivity contribution in [2.45, 2.75) is 6.54 Å². The highest BCUT2D eigenvalue weighted by Gasteiger charge is 2.06. The lowest BCUT2D eigenvalue weighted by Crippen LogP contribution is -2.02. The van der Waals surface area contributed by atoms with Gasteiger partial charge in [0.15, 0.2) is 23.0 Å². The fourth-order valence-corrected chi connectivity index (χ4v) is 1.93. The van der Waals surface area contributed by atoms with Crippen LogP contribution in [0.5, 0.6) is 11.5 Å². The highest BCUT2D eigenvalue weighted by molar-refractivity contribution is 5.81. The number of nitrogens with zero attached hydrogens (tertiary/aromatic N) is 3. The van der Waals surface area contributed by atoms with Crippen molar-refractivity contribution in [1.82, 2.24) is 19.9 Å². The Bertz CT molecular complexity index is 740. The van der Waals surface area contributed by atoms with E-state index < -0.39 is 0 Å². The number of anilines is 1. The fourth-order valence-electron chi connectivity index (χ4n) is 1.93. The third-order valence-electron chi connectivity index (χ3n) is 2.93. The topological polar surface area (TPSA) is 96.0 Å². The minimum absolute atomic E-state index is 0.112. The number of rotatable bonds is 4.